The minimum absolute atomic E-state index is 0. The number of fused-ring (bicyclic) bond motifs is 1. The second-order valence-electron chi connectivity index (χ2n) is 5.85. The summed E-state index contributed by atoms with van der Waals surface area (Å²) in [4.78, 5) is 8.42. The molecule has 0 amide bonds. The number of aromatic nitrogens is 1. The van der Waals surface area contributed by atoms with Crippen molar-refractivity contribution in [3.8, 4) is 11.5 Å². The Labute approximate surface area is 176 Å². The summed E-state index contributed by atoms with van der Waals surface area (Å²) in [7, 11) is 0. The van der Waals surface area contributed by atoms with Crippen molar-refractivity contribution in [2.75, 3.05) is 31.6 Å². The summed E-state index contributed by atoms with van der Waals surface area (Å²) in [6.07, 6.45) is 3.50. The molecule has 3 N–H and O–H groups in total. The molecule has 1 aliphatic rings. The third-order valence-corrected chi connectivity index (χ3v) is 3.87. The number of hydrogen-bond acceptors (Lipinski definition) is 5. The van der Waals surface area contributed by atoms with Crippen molar-refractivity contribution in [2.45, 2.75) is 19.4 Å². The van der Waals surface area contributed by atoms with Gasteiger partial charge < -0.3 is 25.2 Å². The Kier molecular flexibility index (Phi) is 8.59. The summed E-state index contributed by atoms with van der Waals surface area (Å²) < 4.78 is 11.4. The molecule has 2 aromatic rings. The molecule has 1 atom stereocenters. The Bertz CT molecular complexity index is 743. The first kappa shape index (κ1) is 21.2. The number of nitrogens with one attached hydrogen (secondary N) is 2. The van der Waals surface area contributed by atoms with E-state index in [9.17, 15) is 5.11 Å². The van der Waals surface area contributed by atoms with E-state index in [-0.39, 0.29) is 30.5 Å². The maximum Gasteiger partial charge on any atom is 0.195 e. The highest BCUT2D eigenvalue weighted by atomic mass is 127. The summed E-state index contributed by atoms with van der Waals surface area (Å²) >= 11 is 0. The lowest BCUT2D eigenvalue weighted by molar-refractivity contribution is 0.187. The normalized spacial score (nSPS) is 14.5. The van der Waals surface area contributed by atoms with E-state index in [0.29, 0.717) is 25.7 Å². The fourth-order valence-corrected chi connectivity index (χ4v) is 2.55. The molecule has 0 radical (unpaired) electrons. The first-order chi connectivity index (χ1) is 12.8. The molecule has 2 heterocycles. The zero-order chi connectivity index (χ0) is 18.2. The van der Waals surface area contributed by atoms with Crippen LogP contribution in [0.3, 0.4) is 0 Å². The van der Waals surface area contributed by atoms with Crippen molar-refractivity contribution in [3.05, 3.63) is 48.3 Å². The van der Waals surface area contributed by atoms with Crippen LogP contribution in [-0.2, 0) is 0 Å². The Morgan fingerprint density at radius 3 is 2.67 bits per heavy atom. The average Bonchev–Trinajstić information content (AvgIpc) is 2.91. The molecule has 1 aromatic carbocycles. The Morgan fingerprint density at radius 1 is 1.19 bits per heavy atom. The van der Waals surface area contributed by atoms with Crippen LogP contribution in [0.5, 0.6) is 11.5 Å². The number of aliphatic imine (C=N–C) groups is 1. The summed E-state index contributed by atoms with van der Waals surface area (Å²) in [5.41, 5.74) is 1.63. The quantitative estimate of drug-likeness (QED) is 0.344. The van der Waals surface area contributed by atoms with Crippen LogP contribution in [0.4, 0.5) is 5.69 Å². The van der Waals surface area contributed by atoms with Crippen molar-refractivity contribution in [1.29, 1.82) is 0 Å². The molecule has 0 saturated heterocycles. The van der Waals surface area contributed by atoms with Gasteiger partial charge in [-0.2, -0.15) is 0 Å². The molecule has 8 heteroatoms. The van der Waals surface area contributed by atoms with Crippen molar-refractivity contribution in [3.63, 3.8) is 0 Å². The number of aliphatic hydroxyl groups is 1. The van der Waals surface area contributed by atoms with Crippen molar-refractivity contribution in [1.82, 2.24) is 10.3 Å². The van der Waals surface area contributed by atoms with Gasteiger partial charge >= 0.3 is 0 Å². The highest BCUT2D eigenvalue weighted by Crippen LogP contribution is 2.32. The lowest BCUT2D eigenvalue weighted by Crippen LogP contribution is -2.31. The SMILES string of the molecule is CCNC(=NCC(O)c1ccncc1)Nc1ccc2c(c1)OCCCO2.I. The highest BCUT2D eigenvalue weighted by molar-refractivity contribution is 14.0. The molecule has 1 aliphatic heterocycles. The van der Waals surface area contributed by atoms with E-state index in [0.717, 1.165) is 29.2 Å². The van der Waals surface area contributed by atoms with Crippen LogP contribution in [-0.4, -0.2) is 42.4 Å². The molecule has 0 saturated carbocycles. The molecule has 27 heavy (non-hydrogen) atoms. The number of rotatable bonds is 5. The van der Waals surface area contributed by atoms with Gasteiger partial charge in [-0.3, -0.25) is 4.98 Å². The Balaban J connectivity index is 0.00000261. The molecule has 1 aromatic heterocycles. The van der Waals surface area contributed by atoms with Crippen LogP contribution >= 0.6 is 24.0 Å². The minimum Gasteiger partial charge on any atom is -0.490 e. The van der Waals surface area contributed by atoms with Gasteiger partial charge in [0.1, 0.15) is 0 Å². The molecule has 0 fully saturated rings. The molecule has 1 unspecified atom stereocenters. The number of pyridine rings is 1. The van der Waals surface area contributed by atoms with E-state index in [1.807, 2.05) is 25.1 Å². The second-order valence-corrected chi connectivity index (χ2v) is 5.85. The molecular formula is C19H25IN4O3. The number of anilines is 1. The van der Waals surface area contributed by atoms with Crippen LogP contribution in [0.1, 0.15) is 25.0 Å². The third-order valence-electron chi connectivity index (χ3n) is 3.87. The number of hydrogen-bond donors (Lipinski definition) is 3. The number of guanidine groups is 1. The fourth-order valence-electron chi connectivity index (χ4n) is 2.55. The summed E-state index contributed by atoms with van der Waals surface area (Å²) in [5.74, 6) is 2.07. The van der Waals surface area contributed by atoms with Gasteiger partial charge in [0.25, 0.3) is 0 Å². The van der Waals surface area contributed by atoms with Crippen molar-refractivity contribution in [2.24, 2.45) is 4.99 Å². The smallest absolute Gasteiger partial charge is 0.195 e. The van der Waals surface area contributed by atoms with Crippen LogP contribution < -0.4 is 20.1 Å². The largest absolute Gasteiger partial charge is 0.490 e. The average molecular weight is 484 g/mol. The predicted octanol–water partition coefficient (Wildman–Crippen LogP) is 2.97. The van der Waals surface area contributed by atoms with Gasteiger partial charge in [0.05, 0.1) is 25.9 Å². The van der Waals surface area contributed by atoms with Crippen LogP contribution in [0.2, 0.25) is 0 Å². The number of halogens is 1. The summed E-state index contributed by atoms with van der Waals surface area (Å²) in [6.45, 7) is 4.25. The zero-order valence-corrected chi connectivity index (χ0v) is 17.6. The first-order valence-corrected chi connectivity index (χ1v) is 8.79. The van der Waals surface area contributed by atoms with Crippen molar-refractivity contribution >= 4 is 35.6 Å². The highest BCUT2D eigenvalue weighted by Gasteiger charge is 2.12. The molecule has 0 bridgehead atoms. The van der Waals surface area contributed by atoms with Gasteiger partial charge in [0.15, 0.2) is 17.5 Å². The Hall–Kier alpha value is -2.07. The first-order valence-electron chi connectivity index (χ1n) is 8.79. The molecular weight excluding hydrogens is 459 g/mol. The number of benzene rings is 1. The van der Waals surface area contributed by atoms with Gasteiger partial charge in [-0.1, -0.05) is 0 Å². The predicted molar refractivity (Wildman–Crippen MR) is 116 cm³/mol. The number of ether oxygens (including phenoxy) is 2. The summed E-state index contributed by atoms with van der Waals surface area (Å²) in [6, 6.07) is 9.26. The van der Waals surface area contributed by atoms with E-state index >= 15 is 0 Å². The monoisotopic (exact) mass is 484 g/mol. The van der Waals surface area contributed by atoms with Gasteiger partial charge in [-0.05, 0) is 36.8 Å². The van der Waals surface area contributed by atoms with Crippen LogP contribution in [0, 0.1) is 0 Å². The molecule has 146 valence electrons. The van der Waals surface area contributed by atoms with E-state index in [2.05, 4.69) is 20.6 Å². The van der Waals surface area contributed by atoms with E-state index < -0.39 is 6.10 Å². The van der Waals surface area contributed by atoms with Gasteiger partial charge in [0.2, 0.25) is 0 Å². The maximum absolute atomic E-state index is 10.3. The zero-order valence-electron chi connectivity index (χ0n) is 15.2. The van der Waals surface area contributed by atoms with Crippen LogP contribution in [0.15, 0.2) is 47.7 Å². The molecule has 3 rings (SSSR count). The van der Waals surface area contributed by atoms with E-state index in [1.165, 1.54) is 0 Å². The Morgan fingerprint density at radius 2 is 1.93 bits per heavy atom. The lowest BCUT2D eigenvalue weighted by Gasteiger charge is -2.15. The fraction of sp³-hybridized carbons (Fsp3) is 0.368. The maximum atomic E-state index is 10.3. The topological polar surface area (TPSA) is 88.0 Å². The molecule has 0 aliphatic carbocycles. The van der Waals surface area contributed by atoms with Gasteiger partial charge in [0, 0.05) is 37.1 Å². The van der Waals surface area contributed by atoms with E-state index in [4.69, 9.17) is 9.47 Å². The minimum atomic E-state index is -0.683. The number of nitrogens with zero attached hydrogens (tertiary/aromatic N) is 2. The van der Waals surface area contributed by atoms with Gasteiger partial charge in [-0.25, -0.2) is 4.99 Å². The standard InChI is InChI=1S/C19H24N4O3.HI/c1-2-21-19(22-13-16(24)14-6-8-20-9-7-14)23-15-4-5-17-18(12-15)26-11-3-10-25-17;/h4-9,12,16,24H,2-3,10-11,13H2,1H3,(H2,21,22,23);1H. The lowest BCUT2D eigenvalue weighted by atomic mass is 10.1. The molecule has 7 nitrogen and oxygen atoms in total. The third kappa shape index (κ3) is 6.24. The van der Waals surface area contributed by atoms with Gasteiger partial charge in [-0.15, -0.1) is 24.0 Å². The molecule has 0 spiro atoms. The van der Waals surface area contributed by atoms with E-state index in [1.54, 1.807) is 24.5 Å². The summed E-state index contributed by atoms with van der Waals surface area (Å²) in [5, 5.41) is 16.7. The number of aliphatic hydroxyl groups excluding tert-OH is 1. The van der Waals surface area contributed by atoms with Crippen molar-refractivity contribution < 1.29 is 14.6 Å². The second kappa shape index (κ2) is 10.9. The van der Waals surface area contributed by atoms with Crippen LogP contribution in [0.25, 0.3) is 0 Å².